The number of carbonyl (C=O) groups excluding carboxylic acids is 2. The van der Waals surface area contributed by atoms with Crippen LogP contribution in [0.1, 0.15) is 45.3 Å². The van der Waals surface area contributed by atoms with Gasteiger partial charge >= 0.3 is 5.97 Å². The van der Waals surface area contributed by atoms with Gasteiger partial charge in [-0.3, -0.25) is 9.59 Å². The van der Waals surface area contributed by atoms with E-state index in [4.69, 9.17) is 9.47 Å². The molecule has 1 aliphatic carbocycles. The minimum absolute atomic E-state index is 0.0436. The number of Topliss-reactive ketones (excluding diaryl/α,β-unsaturated/α-hetero) is 1. The van der Waals surface area contributed by atoms with Gasteiger partial charge in [-0.15, -0.1) is 0 Å². The van der Waals surface area contributed by atoms with Crippen LogP contribution in [0.3, 0.4) is 0 Å². The number of hydrogen-bond donors (Lipinski definition) is 0. The third kappa shape index (κ3) is 4.94. The van der Waals surface area contributed by atoms with Gasteiger partial charge in [-0.1, -0.05) is 30.3 Å². The van der Waals surface area contributed by atoms with E-state index >= 15 is 0 Å². The Morgan fingerprint density at radius 3 is 2.62 bits per heavy atom. The maximum absolute atomic E-state index is 12.7. The van der Waals surface area contributed by atoms with E-state index in [0.29, 0.717) is 11.3 Å². The number of nitrogens with zero attached hydrogens (tertiary/aromatic N) is 2. The number of hydrogen-bond acceptors (Lipinski definition) is 6. The second kappa shape index (κ2) is 9.60. The molecule has 0 bridgehead atoms. The fraction of sp³-hybridized carbons (Fsp3) is 0.280. The molecule has 1 heterocycles. The lowest BCUT2D eigenvalue weighted by Gasteiger charge is -2.13. The molecule has 1 atom stereocenters. The first kappa shape index (κ1) is 21.5. The van der Waals surface area contributed by atoms with Crippen molar-refractivity contribution in [1.29, 1.82) is 0 Å². The Morgan fingerprint density at radius 2 is 1.81 bits per heavy atom. The average Bonchev–Trinajstić information content (AvgIpc) is 3.28. The molecule has 0 saturated carbocycles. The Balaban J connectivity index is 1.38. The van der Waals surface area contributed by atoms with Gasteiger partial charge in [0.05, 0.1) is 6.54 Å². The Bertz CT molecular complexity index is 1190. The summed E-state index contributed by atoms with van der Waals surface area (Å²) >= 11 is 0. The van der Waals surface area contributed by atoms with E-state index in [9.17, 15) is 14.4 Å². The second-order valence-corrected chi connectivity index (χ2v) is 7.69. The lowest BCUT2D eigenvalue weighted by Crippen LogP contribution is -2.29. The number of esters is 1. The predicted octanol–water partition coefficient (Wildman–Crippen LogP) is 3.24. The Kier molecular flexibility index (Phi) is 6.44. The van der Waals surface area contributed by atoms with Crippen LogP contribution in [0.5, 0.6) is 5.75 Å². The van der Waals surface area contributed by atoms with Crippen molar-refractivity contribution in [3.63, 3.8) is 0 Å². The number of ether oxygens (including phenoxy) is 2. The van der Waals surface area contributed by atoms with Gasteiger partial charge < -0.3 is 9.47 Å². The van der Waals surface area contributed by atoms with Gasteiger partial charge in [-0.05, 0) is 61.6 Å². The van der Waals surface area contributed by atoms with Gasteiger partial charge in [0.1, 0.15) is 12.4 Å². The Hall–Kier alpha value is -3.74. The molecule has 2 aromatic carbocycles. The average molecular weight is 432 g/mol. The zero-order valence-corrected chi connectivity index (χ0v) is 17.8. The van der Waals surface area contributed by atoms with Gasteiger partial charge in [-0.25, -0.2) is 9.48 Å². The molecule has 0 saturated heterocycles. The number of aryl methyl sites for hydroxylation is 2. The molecule has 1 aliphatic rings. The van der Waals surface area contributed by atoms with Gasteiger partial charge in [0.25, 0.3) is 5.56 Å². The maximum atomic E-state index is 12.7. The molecule has 7 heteroatoms. The molecule has 3 aromatic rings. The number of rotatable bonds is 8. The van der Waals surface area contributed by atoms with Crippen molar-refractivity contribution in [3.05, 3.63) is 93.4 Å². The fourth-order valence-electron chi connectivity index (χ4n) is 3.72. The summed E-state index contributed by atoms with van der Waals surface area (Å²) in [4.78, 5) is 37.4. The summed E-state index contributed by atoms with van der Waals surface area (Å²) in [5, 5.41) is 4.07. The molecule has 0 fully saturated rings. The first-order valence-electron chi connectivity index (χ1n) is 10.6. The predicted molar refractivity (Wildman–Crippen MR) is 118 cm³/mol. The van der Waals surface area contributed by atoms with Crippen LogP contribution >= 0.6 is 0 Å². The van der Waals surface area contributed by atoms with Crippen LogP contribution in [-0.2, 0) is 24.1 Å². The Morgan fingerprint density at radius 1 is 1.03 bits per heavy atom. The molecule has 0 aliphatic heterocycles. The molecule has 0 amide bonds. The van der Waals surface area contributed by atoms with Crippen molar-refractivity contribution in [2.24, 2.45) is 0 Å². The lowest BCUT2D eigenvalue weighted by molar-refractivity contribution is 0.0310. The monoisotopic (exact) mass is 432 g/mol. The molecule has 1 aromatic heterocycles. The van der Waals surface area contributed by atoms with E-state index in [0.717, 1.165) is 23.9 Å². The highest BCUT2D eigenvalue weighted by molar-refractivity contribution is 6.01. The SMILES string of the molecule is CC(OC(=O)c1ccc(=O)n(CCOc2ccccc2)n1)C(=O)c1ccc2c(c1)CCC2. The fourth-order valence-corrected chi connectivity index (χ4v) is 3.72. The number of benzene rings is 2. The van der Waals surface area contributed by atoms with Crippen LogP contribution in [-0.4, -0.2) is 34.2 Å². The standard InChI is InChI=1S/C25H24N2O5/c1-17(24(29)20-11-10-18-6-5-7-19(18)16-20)32-25(30)22-12-13-23(28)27(26-22)14-15-31-21-8-3-2-4-9-21/h2-4,8-13,16-17H,5-7,14-15H2,1H3. The highest BCUT2D eigenvalue weighted by Gasteiger charge is 2.23. The topological polar surface area (TPSA) is 87.5 Å². The molecular weight excluding hydrogens is 408 g/mol. The first-order chi connectivity index (χ1) is 15.5. The Labute approximate surface area is 185 Å². The minimum atomic E-state index is -0.967. The number of ketones is 1. The molecule has 164 valence electrons. The molecule has 0 spiro atoms. The number of fused-ring (bicyclic) bond motifs is 1. The molecule has 0 radical (unpaired) electrons. The molecule has 0 N–H and O–H groups in total. The largest absolute Gasteiger partial charge is 0.492 e. The molecule has 32 heavy (non-hydrogen) atoms. The van der Waals surface area contributed by atoms with E-state index < -0.39 is 12.1 Å². The van der Waals surface area contributed by atoms with Crippen LogP contribution < -0.4 is 10.3 Å². The van der Waals surface area contributed by atoms with Crippen molar-refractivity contribution in [1.82, 2.24) is 9.78 Å². The van der Waals surface area contributed by atoms with E-state index in [1.165, 1.54) is 30.2 Å². The van der Waals surface area contributed by atoms with Gasteiger partial charge in [0.15, 0.2) is 11.8 Å². The second-order valence-electron chi connectivity index (χ2n) is 7.69. The smallest absolute Gasteiger partial charge is 0.359 e. The van der Waals surface area contributed by atoms with Crippen molar-refractivity contribution in [2.45, 2.75) is 38.8 Å². The highest BCUT2D eigenvalue weighted by Crippen LogP contribution is 2.23. The maximum Gasteiger partial charge on any atom is 0.359 e. The summed E-state index contributed by atoms with van der Waals surface area (Å²) in [5.74, 6) is -0.350. The summed E-state index contributed by atoms with van der Waals surface area (Å²) in [7, 11) is 0. The van der Waals surface area contributed by atoms with Crippen LogP contribution in [0, 0.1) is 0 Å². The molecule has 1 unspecified atom stereocenters. The quantitative estimate of drug-likeness (QED) is 0.401. The van der Waals surface area contributed by atoms with Gasteiger partial charge in [0.2, 0.25) is 5.78 Å². The van der Waals surface area contributed by atoms with Crippen molar-refractivity contribution in [2.75, 3.05) is 6.61 Å². The van der Waals surface area contributed by atoms with Gasteiger partial charge in [-0.2, -0.15) is 5.10 Å². The van der Waals surface area contributed by atoms with Crippen LogP contribution in [0.15, 0.2) is 65.5 Å². The number of aromatic nitrogens is 2. The molecule has 4 rings (SSSR count). The van der Waals surface area contributed by atoms with Gasteiger partial charge in [0, 0.05) is 11.6 Å². The van der Waals surface area contributed by atoms with E-state index in [-0.39, 0.29) is 30.2 Å². The summed E-state index contributed by atoms with van der Waals surface area (Å²) in [6, 6.07) is 17.4. The zero-order valence-electron chi connectivity index (χ0n) is 17.8. The summed E-state index contributed by atoms with van der Waals surface area (Å²) in [5.41, 5.74) is 2.58. The molecule has 7 nitrogen and oxygen atoms in total. The first-order valence-corrected chi connectivity index (χ1v) is 10.6. The van der Waals surface area contributed by atoms with Crippen molar-refractivity contribution in [3.8, 4) is 5.75 Å². The molecular formula is C25H24N2O5. The lowest BCUT2D eigenvalue weighted by atomic mass is 10.0. The van der Waals surface area contributed by atoms with Crippen molar-refractivity contribution >= 4 is 11.8 Å². The van der Waals surface area contributed by atoms with E-state index in [1.54, 1.807) is 6.07 Å². The minimum Gasteiger partial charge on any atom is -0.492 e. The van der Waals surface area contributed by atoms with Crippen LogP contribution in [0.25, 0.3) is 0 Å². The highest BCUT2D eigenvalue weighted by atomic mass is 16.5. The number of para-hydroxylation sites is 1. The number of carbonyl (C=O) groups is 2. The van der Waals surface area contributed by atoms with Crippen molar-refractivity contribution < 1.29 is 19.1 Å². The summed E-state index contributed by atoms with van der Waals surface area (Å²) < 4.78 is 12.1. The third-order valence-corrected chi connectivity index (χ3v) is 5.43. The van der Waals surface area contributed by atoms with E-state index in [1.807, 2.05) is 42.5 Å². The van der Waals surface area contributed by atoms with Crippen LogP contribution in [0.2, 0.25) is 0 Å². The van der Waals surface area contributed by atoms with Crippen LogP contribution in [0.4, 0.5) is 0 Å². The zero-order chi connectivity index (χ0) is 22.5. The normalized spacial score (nSPS) is 13.3. The summed E-state index contributed by atoms with van der Waals surface area (Å²) in [6.45, 7) is 1.91. The third-order valence-electron chi connectivity index (χ3n) is 5.43. The summed E-state index contributed by atoms with van der Waals surface area (Å²) in [6.07, 6.45) is 2.12. The van der Waals surface area contributed by atoms with E-state index in [2.05, 4.69) is 5.10 Å².